The molecule has 4 aliphatic rings. The quantitative estimate of drug-likeness (QED) is 0.278. The van der Waals surface area contributed by atoms with Gasteiger partial charge in [-0.2, -0.15) is 0 Å². The standard InChI is InChI=1S/C37H44N6O4S/c1-6-42-28-10-9-21-14-25(28)26(31(42)23-8-7-13-39-29(23)20(2)46-5)16-36(3,4)19-47-34(45)30-24-15-22(24)17-43(41-30)33(44)32(38)37(11-12-37)35-40-27(21)18-48-35/h7-10,13-14,18,20,22,24,30,32,41H,6,11-12,15-17,19,38H2,1-5H3/t20-,22?,24?,30-,32?/m0/s1. The van der Waals surface area contributed by atoms with Crippen LogP contribution in [0.4, 0.5) is 0 Å². The third-order valence-electron chi connectivity index (χ3n) is 11.1. The summed E-state index contributed by atoms with van der Waals surface area (Å²) in [5.41, 5.74) is 16.4. The second kappa shape index (κ2) is 11.5. The second-order valence-electron chi connectivity index (χ2n) is 15.0. The van der Waals surface area contributed by atoms with Gasteiger partial charge in [-0.15, -0.1) is 11.3 Å². The minimum absolute atomic E-state index is 0.169. The summed E-state index contributed by atoms with van der Waals surface area (Å²) in [7, 11) is 1.71. The molecule has 1 saturated heterocycles. The highest BCUT2D eigenvalue weighted by atomic mass is 32.1. The Balaban J connectivity index is 1.30. The third kappa shape index (κ3) is 5.09. The van der Waals surface area contributed by atoms with E-state index in [1.807, 2.05) is 19.2 Å². The molecule has 1 amide bonds. The zero-order chi connectivity index (χ0) is 33.5. The van der Waals surface area contributed by atoms with Crippen LogP contribution in [0.25, 0.3) is 33.4 Å². The number of methoxy groups -OCH3 is 1. The number of pyridine rings is 1. The number of aromatic nitrogens is 3. The Morgan fingerprint density at radius 1 is 1.23 bits per heavy atom. The van der Waals surface area contributed by atoms with Gasteiger partial charge in [0.15, 0.2) is 0 Å². The molecule has 1 aromatic carbocycles. The van der Waals surface area contributed by atoms with Crippen molar-refractivity contribution in [2.45, 2.75) is 83.5 Å². The van der Waals surface area contributed by atoms with Crippen molar-refractivity contribution in [2.24, 2.45) is 23.0 Å². The lowest BCUT2D eigenvalue weighted by Crippen LogP contribution is -2.61. The topological polar surface area (TPSA) is 125 Å². The number of nitrogens with one attached hydrogen (secondary N) is 1. The number of esters is 1. The predicted molar refractivity (Wildman–Crippen MR) is 185 cm³/mol. The number of nitrogens with zero attached hydrogens (tertiary/aromatic N) is 4. The van der Waals surface area contributed by atoms with E-state index < -0.39 is 22.9 Å². The molecule has 10 nitrogen and oxygen atoms in total. The molecule has 2 aliphatic carbocycles. The average Bonchev–Trinajstić information content (AvgIpc) is 4.00. The van der Waals surface area contributed by atoms with Crippen LogP contribution in [-0.4, -0.2) is 63.8 Å². The Kier molecular flexibility index (Phi) is 7.56. The van der Waals surface area contributed by atoms with Crippen LogP contribution in [0.1, 0.15) is 69.3 Å². The van der Waals surface area contributed by atoms with Crippen LogP contribution < -0.4 is 11.2 Å². The number of hydrogen-bond donors (Lipinski definition) is 2. The number of carbonyl (C=O) groups excluding carboxylic acids is 2. The van der Waals surface area contributed by atoms with E-state index in [1.165, 1.54) is 5.56 Å². The maximum Gasteiger partial charge on any atom is 0.325 e. The van der Waals surface area contributed by atoms with Crippen LogP contribution in [0.2, 0.25) is 0 Å². The molecule has 0 radical (unpaired) electrons. The molecule has 3 N–H and O–H groups in total. The number of nitrogens with two attached hydrogens (primary N) is 1. The molecular weight excluding hydrogens is 625 g/mol. The van der Waals surface area contributed by atoms with Gasteiger partial charge in [-0.3, -0.25) is 19.6 Å². The van der Waals surface area contributed by atoms with Crippen LogP contribution in [0.15, 0.2) is 41.9 Å². The first-order chi connectivity index (χ1) is 23.0. The molecule has 6 bridgehead atoms. The van der Waals surface area contributed by atoms with E-state index in [4.69, 9.17) is 25.2 Å². The summed E-state index contributed by atoms with van der Waals surface area (Å²) < 4.78 is 14.3. The van der Waals surface area contributed by atoms with Crippen LogP contribution in [0.3, 0.4) is 0 Å². The SMILES string of the molecule is CCn1c(-c2cccnc2[C@H](C)OC)c2c3cc(ccc31)-c1csc(n1)C1(CC1)C(N)C(=O)N1CC3CC3[C@H](N1)C(=O)OCC(C)(C)C2. The number of rotatable bonds is 4. The zero-order valence-corrected chi connectivity index (χ0v) is 29.1. The first-order valence-electron chi connectivity index (χ1n) is 17.1. The molecular formula is C37H44N6O4S. The highest BCUT2D eigenvalue weighted by molar-refractivity contribution is 7.10. The first kappa shape index (κ1) is 31.6. The predicted octanol–water partition coefficient (Wildman–Crippen LogP) is 5.39. The molecule has 2 saturated carbocycles. The fraction of sp³-hybridized carbons (Fsp3) is 0.514. The van der Waals surface area contributed by atoms with Crippen molar-refractivity contribution in [2.75, 3.05) is 20.3 Å². The number of aryl methyl sites for hydroxylation is 1. The van der Waals surface area contributed by atoms with Gasteiger partial charge in [0.25, 0.3) is 5.91 Å². The highest BCUT2D eigenvalue weighted by Crippen LogP contribution is 2.53. The average molecular weight is 669 g/mol. The molecule has 1 spiro atoms. The lowest BCUT2D eigenvalue weighted by Gasteiger charge is -2.36. The molecule has 5 heterocycles. The van der Waals surface area contributed by atoms with E-state index in [9.17, 15) is 9.59 Å². The molecule has 48 heavy (non-hydrogen) atoms. The minimum Gasteiger partial charge on any atom is -0.464 e. The van der Waals surface area contributed by atoms with Crippen molar-refractivity contribution < 1.29 is 19.1 Å². The van der Waals surface area contributed by atoms with E-state index in [0.717, 1.165) is 69.9 Å². The van der Waals surface area contributed by atoms with Crippen molar-refractivity contribution in [3.05, 3.63) is 58.2 Å². The van der Waals surface area contributed by atoms with Gasteiger partial charge in [0, 0.05) is 64.6 Å². The molecule has 4 aromatic rings. The molecule has 11 heteroatoms. The second-order valence-corrected chi connectivity index (χ2v) is 15.8. The van der Waals surface area contributed by atoms with E-state index in [2.05, 4.69) is 60.4 Å². The van der Waals surface area contributed by atoms with Crippen molar-refractivity contribution in [3.63, 3.8) is 0 Å². The van der Waals surface area contributed by atoms with Crippen molar-refractivity contribution in [1.29, 1.82) is 0 Å². The number of amides is 1. The zero-order valence-electron chi connectivity index (χ0n) is 28.3. The molecule has 2 aliphatic heterocycles. The van der Waals surface area contributed by atoms with E-state index in [-0.39, 0.29) is 36.4 Å². The Morgan fingerprint density at radius 2 is 2.04 bits per heavy atom. The van der Waals surface area contributed by atoms with Gasteiger partial charge >= 0.3 is 5.97 Å². The summed E-state index contributed by atoms with van der Waals surface area (Å²) in [4.78, 5) is 37.5. The summed E-state index contributed by atoms with van der Waals surface area (Å²) in [6.07, 6.45) is 4.80. The molecule has 3 aromatic heterocycles. The Bertz CT molecular complexity index is 1930. The Morgan fingerprint density at radius 3 is 2.79 bits per heavy atom. The van der Waals surface area contributed by atoms with E-state index in [0.29, 0.717) is 13.0 Å². The number of hydrazine groups is 1. The Labute approximate surface area is 285 Å². The first-order valence-corrected chi connectivity index (χ1v) is 18.0. The molecule has 5 atom stereocenters. The van der Waals surface area contributed by atoms with E-state index >= 15 is 0 Å². The van der Waals surface area contributed by atoms with Gasteiger partial charge < -0.3 is 19.8 Å². The van der Waals surface area contributed by atoms with Crippen molar-refractivity contribution in [1.82, 2.24) is 25.0 Å². The number of thiazole rings is 1. The summed E-state index contributed by atoms with van der Waals surface area (Å²) in [6, 6.07) is 9.39. The van der Waals surface area contributed by atoms with Gasteiger partial charge in [-0.25, -0.2) is 10.4 Å². The third-order valence-corrected chi connectivity index (χ3v) is 12.2. The lowest BCUT2D eigenvalue weighted by atomic mass is 9.84. The summed E-state index contributed by atoms with van der Waals surface area (Å²) >= 11 is 1.58. The minimum atomic E-state index is -0.743. The van der Waals surface area contributed by atoms with Gasteiger partial charge in [0.1, 0.15) is 11.0 Å². The smallest absolute Gasteiger partial charge is 0.325 e. The number of cyclic esters (lactones) is 1. The largest absolute Gasteiger partial charge is 0.464 e. The fourth-order valence-electron chi connectivity index (χ4n) is 7.99. The number of hydrogen-bond acceptors (Lipinski definition) is 9. The highest BCUT2D eigenvalue weighted by Gasteiger charge is 2.58. The van der Waals surface area contributed by atoms with Crippen LogP contribution >= 0.6 is 11.3 Å². The molecule has 8 rings (SSSR count). The monoisotopic (exact) mass is 668 g/mol. The summed E-state index contributed by atoms with van der Waals surface area (Å²) in [5, 5.41) is 5.73. The van der Waals surface area contributed by atoms with Crippen molar-refractivity contribution in [3.8, 4) is 22.5 Å². The molecule has 252 valence electrons. The van der Waals surface area contributed by atoms with Gasteiger partial charge in [-0.1, -0.05) is 19.9 Å². The van der Waals surface area contributed by atoms with Crippen molar-refractivity contribution >= 4 is 34.1 Å². The number of benzene rings is 1. The van der Waals surface area contributed by atoms with Gasteiger partial charge in [0.05, 0.1) is 35.8 Å². The van der Waals surface area contributed by atoms with E-state index in [1.54, 1.807) is 23.5 Å². The Hall–Kier alpha value is -3.64. The lowest BCUT2D eigenvalue weighted by molar-refractivity contribution is -0.155. The summed E-state index contributed by atoms with van der Waals surface area (Å²) in [5.74, 6) is -0.0402. The maximum absolute atomic E-state index is 13.9. The van der Waals surface area contributed by atoms with Crippen LogP contribution in [0, 0.1) is 17.3 Å². The summed E-state index contributed by atoms with van der Waals surface area (Å²) in [6.45, 7) is 10.0. The van der Waals surface area contributed by atoms with Gasteiger partial charge in [-0.05, 0) is 81.2 Å². The molecule has 3 unspecified atom stereocenters. The number of carbonyl (C=O) groups is 2. The van der Waals surface area contributed by atoms with Crippen LogP contribution in [0.5, 0.6) is 0 Å². The van der Waals surface area contributed by atoms with Gasteiger partial charge in [0.2, 0.25) is 0 Å². The fourth-order valence-corrected chi connectivity index (χ4v) is 9.12. The van der Waals surface area contributed by atoms with Crippen LogP contribution in [-0.2, 0) is 37.4 Å². The number of fused-ring (bicyclic) bond motifs is 9. The maximum atomic E-state index is 13.9. The normalized spacial score (nSPS) is 26.6. The molecule has 3 fully saturated rings. The number of ether oxygens (including phenoxy) is 2.